The van der Waals surface area contributed by atoms with Gasteiger partial charge in [0.15, 0.2) is 17.3 Å². The van der Waals surface area contributed by atoms with Crippen LogP contribution in [0.25, 0.3) is 21.7 Å². The van der Waals surface area contributed by atoms with Gasteiger partial charge < -0.3 is 13.9 Å². The molecule has 0 aliphatic heterocycles. The average Bonchev–Trinajstić information content (AvgIpc) is 3.20. The lowest BCUT2D eigenvalue weighted by Crippen LogP contribution is -2.16. The Hall–Kier alpha value is -4.13. The summed E-state index contributed by atoms with van der Waals surface area (Å²) in [5.41, 5.74) is 3.76. The van der Waals surface area contributed by atoms with Crippen molar-refractivity contribution < 1.29 is 23.5 Å². The van der Waals surface area contributed by atoms with Crippen molar-refractivity contribution in [2.24, 2.45) is 5.10 Å². The SMILES string of the molecule is CCOc1cc(/C=N\NC(=O)c2cc3c(ccc4ccccc43)o2)ccc1OC(C)=O. The number of rotatable bonds is 6. The second-order valence-electron chi connectivity index (χ2n) is 6.74. The number of ether oxygens (including phenoxy) is 2. The number of hydrazone groups is 1. The van der Waals surface area contributed by atoms with Crippen molar-refractivity contribution in [3.63, 3.8) is 0 Å². The second kappa shape index (κ2) is 8.71. The molecular weight excluding hydrogens is 396 g/mol. The first-order valence-corrected chi connectivity index (χ1v) is 9.75. The molecule has 0 saturated heterocycles. The third kappa shape index (κ3) is 4.40. The highest BCUT2D eigenvalue weighted by Gasteiger charge is 2.13. The molecule has 0 fully saturated rings. The Morgan fingerprint density at radius 2 is 1.87 bits per heavy atom. The van der Waals surface area contributed by atoms with E-state index < -0.39 is 11.9 Å². The maximum absolute atomic E-state index is 12.5. The van der Waals surface area contributed by atoms with E-state index in [0.29, 0.717) is 29.3 Å². The van der Waals surface area contributed by atoms with Crippen LogP contribution < -0.4 is 14.9 Å². The molecule has 7 heteroatoms. The van der Waals surface area contributed by atoms with Crippen molar-refractivity contribution in [3.8, 4) is 11.5 Å². The summed E-state index contributed by atoms with van der Waals surface area (Å²) in [6.07, 6.45) is 1.47. The lowest BCUT2D eigenvalue weighted by Gasteiger charge is -2.10. The maximum Gasteiger partial charge on any atom is 0.308 e. The molecule has 0 spiro atoms. The van der Waals surface area contributed by atoms with Gasteiger partial charge in [-0.2, -0.15) is 5.10 Å². The molecule has 3 aromatic carbocycles. The van der Waals surface area contributed by atoms with E-state index in [4.69, 9.17) is 13.9 Å². The van der Waals surface area contributed by atoms with Gasteiger partial charge in [0, 0.05) is 12.3 Å². The second-order valence-corrected chi connectivity index (χ2v) is 6.74. The van der Waals surface area contributed by atoms with Gasteiger partial charge in [-0.3, -0.25) is 9.59 Å². The number of nitrogens with zero attached hydrogens (tertiary/aromatic N) is 1. The summed E-state index contributed by atoms with van der Waals surface area (Å²) >= 11 is 0. The van der Waals surface area contributed by atoms with Crippen molar-refractivity contribution in [2.75, 3.05) is 6.61 Å². The fourth-order valence-electron chi connectivity index (χ4n) is 3.24. The van der Waals surface area contributed by atoms with Gasteiger partial charge in [-0.1, -0.05) is 30.3 Å². The highest BCUT2D eigenvalue weighted by Crippen LogP contribution is 2.29. The van der Waals surface area contributed by atoms with E-state index in [-0.39, 0.29) is 5.76 Å². The summed E-state index contributed by atoms with van der Waals surface area (Å²) in [4.78, 5) is 23.7. The van der Waals surface area contributed by atoms with E-state index in [1.165, 1.54) is 13.1 Å². The predicted molar refractivity (Wildman–Crippen MR) is 118 cm³/mol. The topological polar surface area (TPSA) is 90.1 Å². The van der Waals surface area contributed by atoms with Crippen LogP contribution in [0, 0.1) is 0 Å². The quantitative estimate of drug-likeness (QED) is 0.213. The van der Waals surface area contributed by atoms with Gasteiger partial charge in [0.1, 0.15) is 5.58 Å². The molecule has 1 N–H and O–H groups in total. The van der Waals surface area contributed by atoms with E-state index in [9.17, 15) is 9.59 Å². The summed E-state index contributed by atoms with van der Waals surface area (Å²) in [6, 6.07) is 18.4. The molecule has 0 atom stereocenters. The first kappa shape index (κ1) is 20.2. The molecule has 0 aliphatic rings. The molecule has 1 amide bonds. The summed E-state index contributed by atoms with van der Waals surface area (Å²) in [7, 11) is 0. The number of amides is 1. The predicted octanol–water partition coefficient (Wildman–Crippen LogP) is 4.67. The zero-order chi connectivity index (χ0) is 21.8. The zero-order valence-electron chi connectivity index (χ0n) is 17.0. The smallest absolute Gasteiger partial charge is 0.308 e. The Labute approximate surface area is 178 Å². The maximum atomic E-state index is 12.5. The van der Waals surface area contributed by atoms with E-state index in [2.05, 4.69) is 10.5 Å². The van der Waals surface area contributed by atoms with E-state index in [0.717, 1.165) is 16.2 Å². The Balaban J connectivity index is 1.51. The molecular formula is C24H20N2O5. The van der Waals surface area contributed by atoms with Crippen LogP contribution in [-0.4, -0.2) is 24.7 Å². The van der Waals surface area contributed by atoms with Crippen molar-refractivity contribution in [1.29, 1.82) is 0 Å². The van der Waals surface area contributed by atoms with Gasteiger partial charge in [0.25, 0.3) is 0 Å². The van der Waals surface area contributed by atoms with E-state index in [1.807, 2.05) is 43.3 Å². The van der Waals surface area contributed by atoms with Crippen LogP contribution in [0.3, 0.4) is 0 Å². The Bertz CT molecular complexity index is 1310. The molecule has 0 radical (unpaired) electrons. The van der Waals surface area contributed by atoms with Crippen molar-refractivity contribution in [2.45, 2.75) is 13.8 Å². The van der Waals surface area contributed by atoms with Gasteiger partial charge >= 0.3 is 11.9 Å². The average molecular weight is 416 g/mol. The van der Waals surface area contributed by atoms with Gasteiger partial charge in [0.05, 0.1) is 12.8 Å². The van der Waals surface area contributed by atoms with Crippen molar-refractivity contribution >= 4 is 39.8 Å². The Kier molecular flexibility index (Phi) is 5.66. The highest BCUT2D eigenvalue weighted by atomic mass is 16.6. The minimum Gasteiger partial charge on any atom is -0.490 e. The van der Waals surface area contributed by atoms with Crippen molar-refractivity contribution in [3.05, 3.63) is 72.0 Å². The molecule has 0 unspecified atom stereocenters. The first-order valence-electron chi connectivity index (χ1n) is 9.75. The monoisotopic (exact) mass is 416 g/mol. The molecule has 0 bridgehead atoms. The summed E-state index contributed by atoms with van der Waals surface area (Å²) < 4.78 is 16.3. The van der Waals surface area contributed by atoms with E-state index >= 15 is 0 Å². The normalized spacial score (nSPS) is 11.2. The number of hydrogen-bond acceptors (Lipinski definition) is 6. The number of nitrogens with one attached hydrogen (secondary N) is 1. The number of carbonyl (C=O) groups is 2. The van der Waals surface area contributed by atoms with Gasteiger partial charge in [-0.15, -0.1) is 0 Å². The lowest BCUT2D eigenvalue weighted by molar-refractivity contribution is -0.132. The summed E-state index contributed by atoms with van der Waals surface area (Å²) in [5, 5.41) is 6.95. The molecule has 1 heterocycles. The van der Waals surface area contributed by atoms with Gasteiger partial charge in [-0.05, 0) is 53.6 Å². The number of carbonyl (C=O) groups excluding carboxylic acids is 2. The molecule has 7 nitrogen and oxygen atoms in total. The summed E-state index contributed by atoms with van der Waals surface area (Å²) in [5.74, 6) is 0.0113. The van der Waals surface area contributed by atoms with Crippen LogP contribution in [0.5, 0.6) is 11.5 Å². The minimum absolute atomic E-state index is 0.170. The minimum atomic E-state index is -0.460. The molecule has 31 heavy (non-hydrogen) atoms. The van der Waals surface area contributed by atoms with Crippen LogP contribution in [0.2, 0.25) is 0 Å². The van der Waals surface area contributed by atoms with Crippen LogP contribution in [0.4, 0.5) is 0 Å². The molecule has 0 saturated carbocycles. The third-order valence-electron chi connectivity index (χ3n) is 4.55. The number of fused-ring (bicyclic) bond motifs is 3. The standard InChI is InChI=1S/C24H20N2O5/c1-3-29-22-12-16(8-10-21(22)30-15(2)27)14-25-26-24(28)23-13-19-18-7-5-4-6-17(18)9-11-20(19)31-23/h4-14H,3H2,1-2H3,(H,26,28)/b25-14-. The fraction of sp³-hybridized carbons (Fsp3) is 0.125. The molecule has 4 rings (SSSR count). The number of furan rings is 1. The zero-order valence-corrected chi connectivity index (χ0v) is 17.0. The third-order valence-corrected chi connectivity index (χ3v) is 4.55. The first-order chi connectivity index (χ1) is 15.0. The molecule has 0 aliphatic carbocycles. The number of benzene rings is 3. The van der Waals surface area contributed by atoms with Crippen LogP contribution >= 0.6 is 0 Å². The van der Waals surface area contributed by atoms with Crippen molar-refractivity contribution in [1.82, 2.24) is 5.43 Å². The largest absolute Gasteiger partial charge is 0.490 e. The molecule has 156 valence electrons. The molecule has 4 aromatic rings. The summed E-state index contributed by atoms with van der Waals surface area (Å²) in [6.45, 7) is 3.56. The fourth-order valence-corrected chi connectivity index (χ4v) is 3.24. The van der Waals surface area contributed by atoms with Crippen LogP contribution in [0.1, 0.15) is 30.0 Å². The Morgan fingerprint density at radius 3 is 2.68 bits per heavy atom. The molecule has 1 aromatic heterocycles. The Morgan fingerprint density at radius 1 is 1.03 bits per heavy atom. The lowest BCUT2D eigenvalue weighted by atomic mass is 10.1. The van der Waals surface area contributed by atoms with Crippen LogP contribution in [0.15, 0.2) is 70.2 Å². The van der Waals surface area contributed by atoms with Gasteiger partial charge in [-0.25, -0.2) is 5.43 Å². The van der Waals surface area contributed by atoms with Crippen LogP contribution in [-0.2, 0) is 4.79 Å². The number of esters is 1. The van der Waals surface area contributed by atoms with E-state index in [1.54, 1.807) is 24.3 Å². The number of hydrogen-bond donors (Lipinski definition) is 1. The van der Waals surface area contributed by atoms with Gasteiger partial charge in [0.2, 0.25) is 0 Å². The highest BCUT2D eigenvalue weighted by molar-refractivity contribution is 6.08.